The number of benzene rings is 2. The smallest absolute Gasteiger partial charge is 0.416 e. The molecule has 1 aromatic heterocycles. The lowest BCUT2D eigenvalue weighted by Crippen LogP contribution is -2.37. The Labute approximate surface area is 218 Å². The number of carboxylic acid groups (broad SMARTS) is 1. The summed E-state index contributed by atoms with van der Waals surface area (Å²) in [4.78, 5) is 21.6. The van der Waals surface area contributed by atoms with Crippen LogP contribution in [0.1, 0.15) is 27.0 Å². The zero-order valence-corrected chi connectivity index (χ0v) is 20.4. The number of carbonyl (C=O) groups is 1. The molecule has 2 aromatic carbocycles. The van der Waals surface area contributed by atoms with Gasteiger partial charge in [0.05, 0.1) is 30.0 Å². The molecule has 14 heteroatoms. The van der Waals surface area contributed by atoms with E-state index in [1.807, 2.05) is 4.90 Å². The predicted molar refractivity (Wildman–Crippen MR) is 127 cm³/mol. The standard InChI is InChI=1S/C15H14FN3O3.C10H9F6N/c16-12-4-2-1-3-10(12)13-11(14(20)21)9-17-15(18-13)19-5-7-22-8-6-19;1-17-5-6-2-7(9(11,12)13)4-8(3-6)10(14,15)16/h1-4,9H,5-8H2,(H,20,21);2-4,17H,5H2,1H3. The van der Waals surface area contributed by atoms with Crippen LogP contribution in [0.25, 0.3) is 11.3 Å². The molecule has 1 aliphatic rings. The molecule has 0 amide bonds. The van der Waals surface area contributed by atoms with Crippen molar-refractivity contribution >= 4 is 11.9 Å². The summed E-state index contributed by atoms with van der Waals surface area (Å²) >= 11 is 0. The van der Waals surface area contributed by atoms with Crippen LogP contribution >= 0.6 is 0 Å². The highest BCUT2D eigenvalue weighted by Crippen LogP contribution is 2.36. The second kappa shape index (κ2) is 12.4. The van der Waals surface area contributed by atoms with E-state index in [4.69, 9.17) is 4.74 Å². The van der Waals surface area contributed by atoms with Gasteiger partial charge < -0.3 is 20.1 Å². The summed E-state index contributed by atoms with van der Waals surface area (Å²) in [6.45, 7) is 2.28. The first-order chi connectivity index (χ1) is 18.3. The van der Waals surface area contributed by atoms with E-state index in [9.17, 15) is 40.6 Å². The van der Waals surface area contributed by atoms with Crippen LogP contribution in [0.3, 0.4) is 0 Å². The number of aromatic carboxylic acids is 1. The van der Waals surface area contributed by atoms with Crippen molar-refractivity contribution in [2.45, 2.75) is 18.9 Å². The first-order valence-corrected chi connectivity index (χ1v) is 11.4. The molecule has 1 saturated heterocycles. The van der Waals surface area contributed by atoms with E-state index in [0.717, 1.165) is 0 Å². The lowest BCUT2D eigenvalue weighted by atomic mass is 10.0. The Morgan fingerprint density at radius 3 is 2.13 bits per heavy atom. The molecule has 4 rings (SSSR count). The number of aromatic nitrogens is 2. The highest BCUT2D eigenvalue weighted by atomic mass is 19.4. The number of halogens is 7. The molecule has 0 saturated carbocycles. The van der Waals surface area contributed by atoms with Crippen LogP contribution in [0.5, 0.6) is 0 Å². The summed E-state index contributed by atoms with van der Waals surface area (Å²) in [6.07, 6.45) is -8.35. The van der Waals surface area contributed by atoms with Gasteiger partial charge in [0.15, 0.2) is 0 Å². The molecule has 0 atom stereocenters. The van der Waals surface area contributed by atoms with E-state index in [0.29, 0.717) is 44.4 Å². The van der Waals surface area contributed by atoms with Crippen LogP contribution in [0.2, 0.25) is 0 Å². The van der Waals surface area contributed by atoms with Gasteiger partial charge in [0.25, 0.3) is 0 Å². The number of anilines is 1. The van der Waals surface area contributed by atoms with Gasteiger partial charge in [-0.15, -0.1) is 0 Å². The van der Waals surface area contributed by atoms with Crippen molar-refractivity contribution < 1.29 is 45.4 Å². The molecule has 1 aliphatic heterocycles. The number of hydrogen-bond donors (Lipinski definition) is 2. The fraction of sp³-hybridized carbons (Fsp3) is 0.320. The van der Waals surface area contributed by atoms with Gasteiger partial charge in [-0.05, 0) is 42.9 Å². The number of nitrogens with one attached hydrogen (secondary N) is 1. The van der Waals surface area contributed by atoms with Crippen LogP contribution in [-0.4, -0.2) is 54.4 Å². The third kappa shape index (κ3) is 7.86. The highest BCUT2D eigenvalue weighted by molar-refractivity contribution is 5.94. The summed E-state index contributed by atoms with van der Waals surface area (Å²) in [5, 5.41) is 11.8. The fourth-order valence-corrected chi connectivity index (χ4v) is 3.63. The average molecular weight is 560 g/mol. The Kier molecular flexibility index (Phi) is 9.45. The fourth-order valence-electron chi connectivity index (χ4n) is 3.63. The van der Waals surface area contributed by atoms with Crippen LogP contribution in [-0.2, 0) is 23.6 Å². The number of nitrogens with zero attached hydrogens (tertiary/aromatic N) is 3. The average Bonchev–Trinajstić information content (AvgIpc) is 2.88. The molecule has 0 aliphatic carbocycles. The maximum atomic E-state index is 14.0. The van der Waals surface area contributed by atoms with Crippen molar-refractivity contribution in [3.05, 3.63) is 76.7 Å². The largest absolute Gasteiger partial charge is 0.478 e. The molecule has 0 bridgehead atoms. The highest BCUT2D eigenvalue weighted by Gasteiger charge is 2.36. The summed E-state index contributed by atoms with van der Waals surface area (Å²) in [5.74, 6) is -1.32. The van der Waals surface area contributed by atoms with E-state index in [-0.39, 0.29) is 35.0 Å². The Hall–Kier alpha value is -3.78. The number of morpholine rings is 1. The third-order valence-electron chi connectivity index (χ3n) is 5.46. The minimum Gasteiger partial charge on any atom is -0.478 e. The van der Waals surface area contributed by atoms with Crippen LogP contribution < -0.4 is 10.2 Å². The van der Waals surface area contributed by atoms with Gasteiger partial charge in [0.1, 0.15) is 11.4 Å². The summed E-state index contributed by atoms with van der Waals surface area (Å²) in [5.41, 5.74) is -2.54. The van der Waals surface area contributed by atoms with Crippen molar-refractivity contribution in [1.29, 1.82) is 0 Å². The molecule has 0 radical (unpaired) electrons. The van der Waals surface area contributed by atoms with Gasteiger partial charge in [0.2, 0.25) is 5.95 Å². The minimum absolute atomic E-state index is 0.0605. The molecule has 7 nitrogen and oxygen atoms in total. The van der Waals surface area contributed by atoms with E-state index in [2.05, 4.69) is 15.3 Å². The number of alkyl halides is 6. The van der Waals surface area contributed by atoms with E-state index in [1.165, 1.54) is 25.4 Å². The quantitative estimate of drug-likeness (QED) is 0.412. The predicted octanol–water partition coefficient (Wildman–Crippen LogP) is 5.26. The van der Waals surface area contributed by atoms with Crippen LogP contribution in [0, 0.1) is 5.82 Å². The van der Waals surface area contributed by atoms with Gasteiger partial charge in [0, 0.05) is 31.4 Å². The molecule has 2 heterocycles. The van der Waals surface area contributed by atoms with Gasteiger partial charge in [-0.25, -0.2) is 19.2 Å². The molecule has 2 N–H and O–H groups in total. The number of carboxylic acids is 1. The Bertz CT molecular complexity index is 1260. The van der Waals surface area contributed by atoms with Crippen LogP contribution in [0.15, 0.2) is 48.7 Å². The third-order valence-corrected chi connectivity index (χ3v) is 5.46. The number of hydrogen-bond acceptors (Lipinski definition) is 6. The first-order valence-electron chi connectivity index (χ1n) is 11.4. The van der Waals surface area contributed by atoms with Gasteiger partial charge in [-0.3, -0.25) is 0 Å². The van der Waals surface area contributed by atoms with Crippen molar-refractivity contribution in [3.8, 4) is 11.3 Å². The molecule has 210 valence electrons. The SMILES string of the molecule is CNCc1cc(C(F)(F)F)cc(C(F)(F)F)c1.O=C(O)c1cnc(N2CCOCC2)nc1-c1ccccc1F. The molecule has 1 fully saturated rings. The zero-order chi connectivity index (χ0) is 28.8. The second-order valence-electron chi connectivity index (χ2n) is 8.26. The summed E-state index contributed by atoms with van der Waals surface area (Å²) in [6, 6.07) is 7.48. The molecule has 3 aromatic rings. The Morgan fingerprint density at radius 1 is 1.03 bits per heavy atom. The zero-order valence-electron chi connectivity index (χ0n) is 20.4. The maximum Gasteiger partial charge on any atom is 0.416 e. The number of rotatable bonds is 5. The second-order valence-corrected chi connectivity index (χ2v) is 8.26. The number of ether oxygens (including phenoxy) is 1. The normalized spacial score (nSPS) is 14.0. The Morgan fingerprint density at radius 2 is 1.62 bits per heavy atom. The topological polar surface area (TPSA) is 87.6 Å². The molecule has 0 spiro atoms. The van der Waals surface area contributed by atoms with E-state index >= 15 is 0 Å². The summed E-state index contributed by atoms with van der Waals surface area (Å²) in [7, 11) is 1.44. The minimum atomic E-state index is -4.79. The van der Waals surface area contributed by atoms with Crippen molar-refractivity contribution in [2.24, 2.45) is 0 Å². The monoisotopic (exact) mass is 560 g/mol. The lowest BCUT2D eigenvalue weighted by Gasteiger charge is -2.27. The van der Waals surface area contributed by atoms with Gasteiger partial charge >= 0.3 is 18.3 Å². The van der Waals surface area contributed by atoms with E-state index < -0.39 is 35.3 Å². The van der Waals surface area contributed by atoms with Gasteiger partial charge in [-0.2, -0.15) is 26.3 Å². The van der Waals surface area contributed by atoms with Gasteiger partial charge in [-0.1, -0.05) is 12.1 Å². The Balaban J connectivity index is 0.000000224. The van der Waals surface area contributed by atoms with Crippen molar-refractivity contribution in [2.75, 3.05) is 38.3 Å². The maximum absolute atomic E-state index is 14.0. The molecule has 0 unspecified atom stereocenters. The van der Waals surface area contributed by atoms with E-state index in [1.54, 1.807) is 12.1 Å². The lowest BCUT2D eigenvalue weighted by molar-refractivity contribution is -0.143. The molecular formula is C25H23F7N4O3. The summed E-state index contributed by atoms with van der Waals surface area (Å²) < 4.78 is 93.6. The van der Waals surface area contributed by atoms with Crippen LogP contribution in [0.4, 0.5) is 36.7 Å². The van der Waals surface area contributed by atoms with Crippen molar-refractivity contribution in [3.63, 3.8) is 0 Å². The van der Waals surface area contributed by atoms with Crippen molar-refractivity contribution in [1.82, 2.24) is 15.3 Å². The molecule has 39 heavy (non-hydrogen) atoms. The first kappa shape index (κ1) is 29.8. The molecular weight excluding hydrogens is 537 g/mol.